The minimum Gasteiger partial charge on any atom is -0.453 e. The van der Waals surface area contributed by atoms with Crippen molar-refractivity contribution < 1.29 is 14.3 Å². The van der Waals surface area contributed by atoms with E-state index in [-0.39, 0.29) is 11.8 Å². The molecule has 2 aliphatic rings. The lowest BCUT2D eigenvalue weighted by Gasteiger charge is -2.25. The Morgan fingerprint density at radius 1 is 1.19 bits per heavy atom. The number of alkyl carbamates (subject to hydrolysis) is 1. The summed E-state index contributed by atoms with van der Waals surface area (Å²) in [4.78, 5) is 26.2. The van der Waals surface area contributed by atoms with Crippen molar-refractivity contribution in [3.05, 3.63) is 35.4 Å². The summed E-state index contributed by atoms with van der Waals surface area (Å²) in [6, 6.07) is 8.96. The quantitative estimate of drug-likeness (QED) is 0.814. The number of amides is 2. The van der Waals surface area contributed by atoms with E-state index in [4.69, 9.17) is 0 Å². The fourth-order valence-corrected chi connectivity index (χ4v) is 4.37. The maximum Gasteiger partial charge on any atom is 0.406 e. The van der Waals surface area contributed by atoms with Gasteiger partial charge in [0, 0.05) is 19.6 Å². The number of hydrogen-bond donors (Lipinski definition) is 1. The standard InChI is InChI=1S/C21H30N2O3/c1-4-6-16(11-22-21(25)26-3)20(24)23-12-17-18(13-23)19(17)15-9-7-14(5-2)8-10-15/h7-10,16-19H,4-6,11-13H2,1-3H3,(H,22,25)/t16-,17-,18+,19?/m1/s1. The predicted molar refractivity (Wildman–Crippen MR) is 101 cm³/mol. The number of ether oxygens (including phenoxy) is 1. The van der Waals surface area contributed by atoms with E-state index in [2.05, 4.69) is 48.2 Å². The number of fused-ring (bicyclic) bond motifs is 1. The number of hydrogen-bond acceptors (Lipinski definition) is 3. The van der Waals surface area contributed by atoms with Crippen LogP contribution in [0.25, 0.3) is 0 Å². The highest BCUT2D eigenvalue weighted by Gasteiger charge is 2.57. The van der Waals surface area contributed by atoms with Gasteiger partial charge in [-0.2, -0.15) is 0 Å². The van der Waals surface area contributed by atoms with Crippen LogP contribution in [0.3, 0.4) is 0 Å². The topological polar surface area (TPSA) is 58.6 Å². The van der Waals surface area contributed by atoms with Crippen LogP contribution in [0.2, 0.25) is 0 Å². The molecule has 1 N–H and O–H groups in total. The highest BCUT2D eigenvalue weighted by molar-refractivity contribution is 5.80. The third-order valence-electron chi connectivity index (χ3n) is 5.94. The molecule has 1 heterocycles. The second kappa shape index (κ2) is 8.11. The summed E-state index contributed by atoms with van der Waals surface area (Å²) in [7, 11) is 1.34. The van der Waals surface area contributed by atoms with E-state index in [1.165, 1.54) is 18.2 Å². The molecule has 4 atom stereocenters. The SMILES string of the molecule is CCC[C@H](CNC(=O)OC)C(=O)N1C[C@@H]2C(c3ccc(CC)cc3)[C@@H]2C1. The lowest BCUT2D eigenvalue weighted by atomic mass is 10.0. The van der Waals surface area contributed by atoms with Crippen molar-refractivity contribution in [2.75, 3.05) is 26.7 Å². The zero-order valence-corrected chi connectivity index (χ0v) is 16.0. The van der Waals surface area contributed by atoms with Gasteiger partial charge in [0.15, 0.2) is 0 Å². The Morgan fingerprint density at radius 2 is 1.85 bits per heavy atom. The van der Waals surface area contributed by atoms with Gasteiger partial charge in [0.2, 0.25) is 5.91 Å². The van der Waals surface area contributed by atoms with Crippen molar-refractivity contribution in [2.24, 2.45) is 17.8 Å². The maximum atomic E-state index is 12.9. The number of carbonyl (C=O) groups is 2. The molecule has 1 unspecified atom stereocenters. The molecule has 26 heavy (non-hydrogen) atoms. The number of rotatable bonds is 7. The van der Waals surface area contributed by atoms with Crippen LogP contribution in [-0.4, -0.2) is 43.6 Å². The molecule has 0 aromatic heterocycles. The van der Waals surface area contributed by atoms with Crippen LogP contribution in [0.15, 0.2) is 24.3 Å². The molecular formula is C21H30N2O3. The number of carbonyl (C=O) groups excluding carboxylic acids is 2. The van der Waals surface area contributed by atoms with E-state index >= 15 is 0 Å². The van der Waals surface area contributed by atoms with Gasteiger partial charge >= 0.3 is 6.09 Å². The molecule has 5 nitrogen and oxygen atoms in total. The molecule has 5 heteroatoms. The van der Waals surface area contributed by atoms with E-state index < -0.39 is 6.09 Å². The lowest BCUT2D eigenvalue weighted by Crippen LogP contribution is -2.41. The summed E-state index contributed by atoms with van der Waals surface area (Å²) in [6.45, 7) is 6.29. The van der Waals surface area contributed by atoms with Gasteiger partial charge in [-0.15, -0.1) is 0 Å². The van der Waals surface area contributed by atoms with Gasteiger partial charge < -0.3 is 15.0 Å². The molecule has 1 saturated heterocycles. The lowest BCUT2D eigenvalue weighted by molar-refractivity contribution is -0.135. The van der Waals surface area contributed by atoms with Crippen molar-refractivity contribution in [3.63, 3.8) is 0 Å². The summed E-state index contributed by atoms with van der Waals surface area (Å²) in [5.74, 6) is 1.83. The van der Waals surface area contributed by atoms with E-state index in [0.717, 1.165) is 32.4 Å². The zero-order chi connectivity index (χ0) is 18.7. The smallest absolute Gasteiger partial charge is 0.406 e. The Hall–Kier alpha value is -2.04. The average molecular weight is 358 g/mol. The van der Waals surface area contributed by atoms with E-state index in [0.29, 0.717) is 24.3 Å². The van der Waals surface area contributed by atoms with Crippen molar-refractivity contribution in [2.45, 2.75) is 39.0 Å². The van der Waals surface area contributed by atoms with E-state index in [1.54, 1.807) is 0 Å². The number of nitrogens with one attached hydrogen (secondary N) is 1. The van der Waals surface area contributed by atoms with Crippen LogP contribution in [-0.2, 0) is 16.0 Å². The number of aryl methyl sites for hydroxylation is 1. The van der Waals surface area contributed by atoms with Gasteiger partial charge in [0.05, 0.1) is 13.0 Å². The Morgan fingerprint density at radius 3 is 2.38 bits per heavy atom. The molecule has 1 aromatic rings. The first-order chi connectivity index (χ1) is 12.6. The summed E-state index contributed by atoms with van der Waals surface area (Å²) < 4.78 is 4.61. The van der Waals surface area contributed by atoms with Gasteiger partial charge in [-0.3, -0.25) is 4.79 Å². The molecule has 142 valence electrons. The normalized spacial score (nSPS) is 24.7. The fraction of sp³-hybridized carbons (Fsp3) is 0.619. The predicted octanol–water partition coefficient (Wildman–Crippen LogP) is 3.19. The van der Waals surface area contributed by atoms with Gasteiger partial charge in [-0.1, -0.05) is 44.5 Å². The second-order valence-electron chi connectivity index (χ2n) is 7.55. The van der Waals surface area contributed by atoms with Crippen molar-refractivity contribution in [1.82, 2.24) is 10.2 Å². The molecule has 2 amide bonds. The molecule has 1 aliphatic carbocycles. The minimum atomic E-state index is -0.473. The van der Waals surface area contributed by atoms with Gasteiger partial charge in [-0.25, -0.2) is 4.79 Å². The first kappa shape index (κ1) is 18.7. The van der Waals surface area contributed by atoms with Crippen molar-refractivity contribution in [1.29, 1.82) is 0 Å². The monoisotopic (exact) mass is 358 g/mol. The minimum absolute atomic E-state index is 0.154. The largest absolute Gasteiger partial charge is 0.453 e. The molecule has 0 spiro atoms. The molecule has 1 saturated carbocycles. The Balaban J connectivity index is 1.54. The third-order valence-corrected chi connectivity index (χ3v) is 5.94. The maximum absolute atomic E-state index is 12.9. The van der Waals surface area contributed by atoms with Gasteiger partial charge in [0.1, 0.15) is 0 Å². The number of methoxy groups -OCH3 is 1. The van der Waals surface area contributed by atoms with Crippen LogP contribution in [0, 0.1) is 17.8 Å². The van der Waals surface area contributed by atoms with Crippen LogP contribution >= 0.6 is 0 Å². The summed E-state index contributed by atoms with van der Waals surface area (Å²) >= 11 is 0. The van der Waals surface area contributed by atoms with Gasteiger partial charge in [0.25, 0.3) is 0 Å². The highest BCUT2D eigenvalue weighted by atomic mass is 16.5. The number of piperidine rings is 1. The Kier molecular flexibility index (Phi) is 5.84. The Bertz CT molecular complexity index is 631. The number of benzene rings is 1. The first-order valence-corrected chi connectivity index (χ1v) is 9.78. The molecule has 0 radical (unpaired) electrons. The van der Waals surface area contributed by atoms with Gasteiger partial charge in [-0.05, 0) is 41.7 Å². The molecule has 2 fully saturated rings. The molecule has 1 aromatic carbocycles. The third kappa shape index (κ3) is 3.87. The van der Waals surface area contributed by atoms with E-state index in [1.807, 2.05) is 4.90 Å². The van der Waals surface area contributed by atoms with Crippen LogP contribution in [0.5, 0.6) is 0 Å². The van der Waals surface area contributed by atoms with E-state index in [9.17, 15) is 9.59 Å². The number of likely N-dealkylation sites (tertiary alicyclic amines) is 1. The molecular weight excluding hydrogens is 328 g/mol. The second-order valence-corrected chi connectivity index (χ2v) is 7.55. The summed E-state index contributed by atoms with van der Waals surface area (Å²) in [5.41, 5.74) is 2.79. The van der Waals surface area contributed by atoms with Crippen LogP contribution in [0.4, 0.5) is 4.79 Å². The van der Waals surface area contributed by atoms with Crippen molar-refractivity contribution >= 4 is 12.0 Å². The van der Waals surface area contributed by atoms with Crippen molar-refractivity contribution in [3.8, 4) is 0 Å². The molecule has 0 bridgehead atoms. The van der Waals surface area contributed by atoms with Crippen LogP contribution < -0.4 is 5.32 Å². The highest BCUT2D eigenvalue weighted by Crippen LogP contribution is 2.58. The molecule has 1 aliphatic heterocycles. The zero-order valence-electron chi connectivity index (χ0n) is 16.0. The summed E-state index contributed by atoms with van der Waals surface area (Å²) in [6.07, 6.45) is 2.31. The Labute approximate surface area is 156 Å². The number of nitrogens with zero attached hydrogens (tertiary/aromatic N) is 1. The average Bonchev–Trinajstić information content (AvgIpc) is 3.17. The molecule has 3 rings (SSSR count). The fourth-order valence-electron chi connectivity index (χ4n) is 4.37. The summed E-state index contributed by atoms with van der Waals surface area (Å²) in [5, 5.41) is 2.68. The first-order valence-electron chi connectivity index (χ1n) is 9.78. The van der Waals surface area contributed by atoms with Crippen LogP contribution in [0.1, 0.15) is 43.7 Å².